The number of aromatic nitrogens is 2. The molecular formula is C34H59F3N6O. The third-order valence-corrected chi connectivity index (χ3v) is 8.14. The molecule has 0 bridgehead atoms. The Morgan fingerprint density at radius 1 is 1.00 bits per heavy atom. The number of hydrogen-bond acceptors (Lipinski definition) is 7. The summed E-state index contributed by atoms with van der Waals surface area (Å²) in [6.45, 7) is 14.9. The van der Waals surface area contributed by atoms with Crippen molar-refractivity contribution < 1.29 is 18.4 Å². The minimum Gasteiger partial charge on any atom is -0.400 e. The number of benzene rings is 1. The molecule has 2 aliphatic carbocycles. The van der Waals surface area contributed by atoms with Gasteiger partial charge in [0, 0.05) is 51.2 Å². The molecule has 10 heteroatoms. The van der Waals surface area contributed by atoms with E-state index in [2.05, 4.69) is 51.1 Å². The fourth-order valence-corrected chi connectivity index (χ4v) is 5.64. The number of aryl methyl sites for hydroxylation is 1. The van der Waals surface area contributed by atoms with Gasteiger partial charge in [-0.15, -0.1) is 4.48 Å². The summed E-state index contributed by atoms with van der Waals surface area (Å²) in [6, 6.07) is 7.60. The number of likely N-dealkylation sites (N-methyl/N-ethyl adjacent to an activating group) is 1. The summed E-state index contributed by atoms with van der Waals surface area (Å²) < 4.78 is 38.0. The van der Waals surface area contributed by atoms with Gasteiger partial charge in [-0.1, -0.05) is 88.4 Å². The second-order valence-corrected chi connectivity index (χ2v) is 11.6. The molecule has 0 amide bonds. The summed E-state index contributed by atoms with van der Waals surface area (Å²) in [7, 11) is 3.02. The predicted octanol–water partition coefficient (Wildman–Crippen LogP) is 7.43. The first-order chi connectivity index (χ1) is 21.2. The van der Waals surface area contributed by atoms with E-state index in [9.17, 15) is 13.3 Å². The van der Waals surface area contributed by atoms with Crippen molar-refractivity contribution in [2.75, 3.05) is 45.7 Å². The van der Waals surface area contributed by atoms with E-state index in [-0.39, 0.29) is 12.0 Å². The minimum absolute atomic E-state index is 0.118. The van der Waals surface area contributed by atoms with Crippen LogP contribution in [0.3, 0.4) is 0 Å². The van der Waals surface area contributed by atoms with E-state index in [0.29, 0.717) is 5.54 Å². The van der Waals surface area contributed by atoms with E-state index < -0.39 is 11.6 Å². The number of aliphatic hydroxyl groups is 1. The van der Waals surface area contributed by atoms with E-state index in [1.165, 1.54) is 50.8 Å². The maximum atomic E-state index is 13.0. The molecule has 44 heavy (non-hydrogen) atoms. The third kappa shape index (κ3) is 14.7. The fraction of sp³-hybridized carbons (Fsp3) is 0.706. The topological polar surface area (TPSA) is 76.5 Å². The fourth-order valence-electron chi connectivity index (χ4n) is 5.64. The Balaban J connectivity index is 0.000000349. The van der Waals surface area contributed by atoms with Crippen molar-refractivity contribution in [2.24, 2.45) is 11.8 Å². The molecule has 3 atom stereocenters. The van der Waals surface area contributed by atoms with Gasteiger partial charge in [-0.25, -0.2) is 9.97 Å². The second-order valence-electron chi connectivity index (χ2n) is 11.6. The Hall–Kier alpha value is -2.27. The largest absolute Gasteiger partial charge is 0.400 e. The van der Waals surface area contributed by atoms with Crippen molar-refractivity contribution in [3.8, 4) is 0 Å². The average molecular weight is 625 g/mol. The summed E-state index contributed by atoms with van der Waals surface area (Å²) in [5, 5.41) is 10.1. The SMILES string of the molecule is C1CCC(N2CC3CC3C2)CC1.CC.CCCN(C)CC(CC)Nc1ncc(C(F)(F)NF)cn1.CO.Cc1ccccc1. The highest BCUT2D eigenvalue weighted by Crippen LogP contribution is 2.46. The first kappa shape index (κ1) is 39.8. The molecule has 0 radical (unpaired) electrons. The number of hydrogen-bond donors (Lipinski definition) is 3. The van der Waals surface area contributed by atoms with Crippen LogP contribution >= 0.6 is 0 Å². The molecule has 3 unspecified atom stereocenters. The molecule has 1 saturated heterocycles. The third-order valence-electron chi connectivity index (χ3n) is 8.14. The zero-order chi connectivity index (χ0) is 33.0. The molecule has 2 saturated carbocycles. The number of halogens is 3. The number of nitrogens with one attached hydrogen (secondary N) is 2. The minimum atomic E-state index is -3.77. The number of nitrogens with zero attached hydrogens (tertiary/aromatic N) is 4. The normalized spacial score (nSPS) is 19.8. The van der Waals surface area contributed by atoms with E-state index >= 15 is 0 Å². The van der Waals surface area contributed by atoms with Crippen LogP contribution in [0.25, 0.3) is 0 Å². The molecule has 5 rings (SSSR count). The molecule has 1 aromatic heterocycles. The van der Waals surface area contributed by atoms with Crippen LogP contribution in [-0.4, -0.2) is 77.3 Å². The van der Waals surface area contributed by atoms with E-state index in [0.717, 1.165) is 63.3 Å². The van der Waals surface area contributed by atoms with E-state index in [1.54, 1.807) is 6.42 Å². The highest BCUT2D eigenvalue weighted by molar-refractivity contribution is 5.27. The lowest BCUT2D eigenvalue weighted by Crippen LogP contribution is -2.36. The predicted molar refractivity (Wildman–Crippen MR) is 176 cm³/mol. The average Bonchev–Trinajstić information content (AvgIpc) is 3.68. The zero-order valence-corrected chi connectivity index (χ0v) is 28.2. The first-order valence-corrected chi connectivity index (χ1v) is 16.5. The Morgan fingerprint density at radius 3 is 2.02 bits per heavy atom. The monoisotopic (exact) mass is 624 g/mol. The Bertz CT molecular complexity index is 953. The molecule has 1 aliphatic heterocycles. The Labute approximate surface area is 265 Å². The summed E-state index contributed by atoms with van der Waals surface area (Å²) >= 11 is 0. The molecule has 3 fully saturated rings. The molecule has 0 spiro atoms. The number of aliphatic hydroxyl groups excluding tert-OH is 1. The quantitative estimate of drug-likeness (QED) is 0.187. The van der Waals surface area contributed by atoms with Gasteiger partial charge in [0.05, 0.1) is 5.56 Å². The van der Waals surface area contributed by atoms with Gasteiger partial charge in [0.2, 0.25) is 5.95 Å². The molecule has 2 heterocycles. The van der Waals surface area contributed by atoms with Gasteiger partial charge in [0.15, 0.2) is 0 Å². The van der Waals surface area contributed by atoms with Gasteiger partial charge in [-0.2, -0.15) is 8.78 Å². The number of fused-ring (bicyclic) bond motifs is 1. The summed E-state index contributed by atoms with van der Waals surface area (Å²) in [5.41, 5.74) is 1.13. The van der Waals surface area contributed by atoms with Crippen LogP contribution in [0.1, 0.15) is 90.2 Å². The summed E-state index contributed by atoms with van der Waals surface area (Å²) in [6.07, 6.45) is 12.8. The van der Waals surface area contributed by atoms with Crippen molar-refractivity contribution in [3.05, 3.63) is 53.9 Å². The molecule has 3 aliphatic rings. The highest BCUT2D eigenvalue weighted by Gasteiger charge is 2.46. The number of alkyl halides is 2. The van der Waals surface area contributed by atoms with Gasteiger partial charge >= 0.3 is 6.05 Å². The van der Waals surface area contributed by atoms with Crippen molar-refractivity contribution in [1.82, 2.24) is 25.3 Å². The van der Waals surface area contributed by atoms with Crippen LogP contribution in [0, 0.1) is 18.8 Å². The van der Waals surface area contributed by atoms with E-state index in [1.807, 2.05) is 46.0 Å². The van der Waals surface area contributed by atoms with Gasteiger partial charge in [0.25, 0.3) is 0 Å². The van der Waals surface area contributed by atoms with Crippen molar-refractivity contribution in [3.63, 3.8) is 0 Å². The number of piperidine rings is 1. The lowest BCUT2D eigenvalue weighted by molar-refractivity contribution is -0.0946. The van der Waals surface area contributed by atoms with Gasteiger partial charge in [-0.05, 0) is 64.5 Å². The first-order valence-electron chi connectivity index (χ1n) is 16.5. The molecule has 252 valence electrons. The standard InChI is InChI=1S/C13H22F3N5.C11H19N.C7H8.C2H6.CH4O/c1-4-6-21(3)9-11(5-2)19-12-17-7-10(8-18-12)13(14,15)20-16;1-2-4-11(5-3-1)12-7-9-6-10(9)8-12;1-7-5-3-2-4-6-7;2*1-2/h7-8,11,20H,4-6,9H2,1-3H3,(H,17,18,19);9-11H,1-8H2;2-6H,1H3;1-2H3;2H,1H3. The van der Waals surface area contributed by atoms with Crippen LogP contribution in [0.2, 0.25) is 0 Å². The number of likely N-dealkylation sites (tertiary alicyclic amines) is 1. The Morgan fingerprint density at radius 2 is 1.57 bits per heavy atom. The lowest BCUT2D eigenvalue weighted by atomic mass is 9.94. The van der Waals surface area contributed by atoms with Crippen LogP contribution in [0.4, 0.5) is 19.2 Å². The van der Waals surface area contributed by atoms with Gasteiger partial charge in [-0.3, -0.25) is 4.90 Å². The summed E-state index contributed by atoms with van der Waals surface area (Å²) in [5.74, 6) is 2.52. The molecule has 1 aromatic carbocycles. The molecule has 7 nitrogen and oxygen atoms in total. The smallest absolute Gasteiger partial charge is 0.357 e. The van der Waals surface area contributed by atoms with Crippen molar-refractivity contribution in [2.45, 2.75) is 104 Å². The van der Waals surface area contributed by atoms with Gasteiger partial charge < -0.3 is 15.3 Å². The van der Waals surface area contributed by atoms with Crippen molar-refractivity contribution >= 4 is 5.95 Å². The highest BCUT2D eigenvalue weighted by atomic mass is 19.3. The van der Waals surface area contributed by atoms with Gasteiger partial charge in [0.1, 0.15) is 0 Å². The number of anilines is 1. The Kier molecular flexibility index (Phi) is 20.1. The number of rotatable bonds is 10. The van der Waals surface area contributed by atoms with Crippen molar-refractivity contribution in [1.29, 1.82) is 0 Å². The maximum absolute atomic E-state index is 13.0. The molecule has 3 N–H and O–H groups in total. The van der Waals surface area contributed by atoms with Crippen LogP contribution in [-0.2, 0) is 6.05 Å². The summed E-state index contributed by atoms with van der Waals surface area (Å²) in [4.78, 5) is 12.6. The van der Waals surface area contributed by atoms with E-state index in [4.69, 9.17) is 5.11 Å². The lowest BCUT2D eigenvalue weighted by Gasteiger charge is -2.31. The molecular weight excluding hydrogens is 565 g/mol. The van der Waals surface area contributed by atoms with Crippen LogP contribution in [0.5, 0.6) is 0 Å². The maximum Gasteiger partial charge on any atom is 0.357 e. The van der Waals surface area contributed by atoms with Crippen LogP contribution < -0.4 is 10.9 Å². The van der Waals surface area contributed by atoms with Crippen LogP contribution in [0.15, 0.2) is 42.7 Å². The molecule has 2 aromatic rings. The zero-order valence-electron chi connectivity index (χ0n) is 28.2. The second kappa shape index (κ2) is 22.3.